The van der Waals surface area contributed by atoms with E-state index in [-0.39, 0.29) is 11.7 Å². The summed E-state index contributed by atoms with van der Waals surface area (Å²) in [5.41, 5.74) is 7.21. The van der Waals surface area contributed by atoms with Gasteiger partial charge in [-0.25, -0.2) is 4.98 Å². The predicted molar refractivity (Wildman–Crippen MR) is 69.9 cm³/mol. The molecule has 0 radical (unpaired) electrons. The third-order valence-electron chi connectivity index (χ3n) is 2.53. The largest absolute Gasteiger partial charge is 0.409 e. The molecule has 6 nitrogen and oxygen atoms in total. The Morgan fingerprint density at radius 3 is 2.32 bits per heavy atom. The molecule has 0 aliphatic heterocycles. The van der Waals surface area contributed by atoms with Crippen molar-refractivity contribution in [3.8, 4) is 0 Å². The van der Waals surface area contributed by atoms with Gasteiger partial charge < -0.3 is 16.3 Å². The summed E-state index contributed by atoms with van der Waals surface area (Å²) >= 11 is 0. The summed E-state index contributed by atoms with van der Waals surface area (Å²) in [6.07, 6.45) is 3.35. The van der Waals surface area contributed by atoms with Crippen LogP contribution >= 0.6 is 0 Å². The minimum absolute atomic E-state index is 0.0245. The van der Waals surface area contributed by atoms with Crippen LogP contribution in [0.5, 0.6) is 0 Å². The average molecular weight is 257 g/mol. The number of hydrogen-bond acceptors (Lipinski definition) is 3. The Morgan fingerprint density at radius 1 is 1.11 bits per heavy atom. The van der Waals surface area contributed by atoms with Gasteiger partial charge in [0.05, 0.1) is 5.56 Å². The van der Waals surface area contributed by atoms with Gasteiger partial charge in [0.15, 0.2) is 18.2 Å². The van der Waals surface area contributed by atoms with E-state index in [2.05, 4.69) is 15.5 Å². The minimum atomic E-state index is -0.203. The molecule has 2 rings (SSSR count). The summed E-state index contributed by atoms with van der Waals surface area (Å²) in [6, 6.07) is 10.0. The number of pyridine rings is 1. The van der Waals surface area contributed by atoms with Gasteiger partial charge >= 0.3 is 0 Å². The molecule has 6 heteroatoms. The molecule has 0 fully saturated rings. The molecule has 0 spiro atoms. The number of benzene rings is 1. The van der Waals surface area contributed by atoms with Crippen LogP contribution in [-0.2, 0) is 0 Å². The minimum Gasteiger partial charge on any atom is -0.409 e. The molecule has 0 bridgehead atoms. The normalized spacial score (nSPS) is 11.1. The Morgan fingerprint density at radius 2 is 1.74 bits per heavy atom. The number of carbonyl (C=O) groups excluding carboxylic acids is 1. The summed E-state index contributed by atoms with van der Waals surface area (Å²) in [5, 5.41) is 14.2. The molecule has 0 unspecified atom stereocenters. The molecule has 0 aliphatic rings. The fraction of sp³-hybridized carbons (Fsp3) is 0. The van der Waals surface area contributed by atoms with Crippen LogP contribution in [0.4, 0.5) is 5.69 Å². The fourth-order valence-electron chi connectivity index (χ4n) is 1.52. The molecule has 96 valence electrons. The summed E-state index contributed by atoms with van der Waals surface area (Å²) in [6.45, 7) is 0. The van der Waals surface area contributed by atoms with Crippen molar-refractivity contribution in [2.24, 2.45) is 10.9 Å². The van der Waals surface area contributed by atoms with Crippen molar-refractivity contribution in [1.29, 1.82) is 0 Å². The van der Waals surface area contributed by atoms with E-state index in [1.165, 1.54) is 0 Å². The van der Waals surface area contributed by atoms with Crippen molar-refractivity contribution in [2.75, 3.05) is 5.32 Å². The molecule has 0 saturated carbocycles. The van der Waals surface area contributed by atoms with Crippen LogP contribution in [0, 0.1) is 0 Å². The summed E-state index contributed by atoms with van der Waals surface area (Å²) in [5.74, 6) is -0.179. The van der Waals surface area contributed by atoms with E-state index in [1.807, 2.05) is 0 Å². The van der Waals surface area contributed by atoms with Crippen molar-refractivity contribution in [2.45, 2.75) is 0 Å². The molecular weight excluding hydrogens is 244 g/mol. The van der Waals surface area contributed by atoms with Crippen molar-refractivity contribution in [3.05, 3.63) is 59.9 Å². The number of carbonyl (C=O) groups is 1. The quantitative estimate of drug-likeness (QED) is 0.329. The Hall–Kier alpha value is -2.89. The highest BCUT2D eigenvalue weighted by Gasteiger charge is 2.06. The zero-order valence-electron chi connectivity index (χ0n) is 10.00. The number of rotatable bonds is 3. The number of nitrogens with two attached hydrogens (primary N) is 1. The zero-order chi connectivity index (χ0) is 13.7. The lowest BCUT2D eigenvalue weighted by Gasteiger charge is -2.05. The van der Waals surface area contributed by atoms with E-state index >= 15 is 0 Å². The first kappa shape index (κ1) is 12.6. The molecule has 1 aromatic heterocycles. The van der Waals surface area contributed by atoms with Crippen molar-refractivity contribution in [1.82, 2.24) is 0 Å². The molecule has 1 heterocycles. The molecule has 0 aliphatic carbocycles. The second-order valence-electron chi connectivity index (χ2n) is 3.81. The molecule has 0 saturated heterocycles. The number of aromatic amines is 1. The van der Waals surface area contributed by atoms with Gasteiger partial charge in [-0.1, -0.05) is 5.16 Å². The third kappa shape index (κ3) is 3.06. The highest BCUT2D eigenvalue weighted by atomic mass is 16.4. The zero-order valence-corrected chi connectivity index (χ0v) is 10.00. The van der Waals surface area contributed by atoms with Gasteiger partial charge in [-0.3, -0.25) is 4.79 Å². The van der Waals surface area contributed by atoms with Crippen LogP contribution in [0.2, 0.25) is 0 Å². The van der Waals surface area contributed by atoms with Crippen LogP contribution in [0.25, 0.3) is 0 Å². The predicted octanol–water partition coefficient (Wildman–Crippen LogP) is 0.847. The highest BCUT2D eigenvalue weighted by Crippen LogP contribution is 2.11. The number of amidine groups is 1. The number of aromatic nitrogens is 1. The van der Waals surface area contributed by atoms with Crippen LogP contribution < -0.4 is 16.0 Å². The Labute approximate surface area is 109 Å². The standard InChI is InChI=1S/C13H12N4O2/c14-12(17-19)9-1-3-11(4-2-9)16-13(18)10-5-7-15-8-6-10/h1-8,19H,(H2,14,17)(H,16,18)/p+1. The second kappa shape index (κ2) is 5.63. The smallest absolute Gasteiger partial charge is 0.256 e. The maximum atomic E-state index is 11.9. The monoisotopic (exact) mass is 257 g/mol. The Bertz CT molecular complexity index is 594. The third-order valence-corrected chi connectivity index (χ3v) is 2.53. The van der Waals surface area contributed by atoms with Crippen LogP contribution in [0.1, 0.15) is 15.9 Å². The fourth-order valence-corrected chi connectivity index (χ4v) is 1.52. The molecule has 19 heavy (non-hydrogen) atoms. The Balaban J connectivity index is 2.10. The van der Waals surface area contributed by atoms with Crippen LogP contribution in [-0.4, -0.2) is 17.0 Å². The van der Waals surface area contributed by atoms with Gasteiger partial charge in [-0.15, -0.1) is 0 Å². The van der Waals surface area contributed by atoms with E-state index in [9.17, 15) is 4.79 Å². The van der Waals surface area contributed by atoms with E-state index < -0.39 is 0 Å². The lowest BCUT2D eigenvalue weighted by molar-refractivity contribution is -0.378. The summed E-state index contributed by atoms with van der Waals surface area (Å²) < 4.78 is 0. The van der Waals surface area contributed by atoms with Gasteiger partial charge in [-0.05, 0) is 24.3 Å². The van der Waals surface area contributed by atoms with Crippen molar-refractivity contribution in [3.63, 3.8) is 0 Å². The molecule has 1 aromatic carbocycles. The first-order valence-electron chi connectivity index (χ1n) is 5.56. The number of anilines is 1. The van der Waals surface area contributed by atoms with E-state index in [0.29, 0.717) is 16.8 Å². The number of nitrogens with zero attached hydrogens (tertiary/aromatic N) is 1. The Kier molecular flexibility index (Phi) is 3.72. The molecule has 0 atom stereocenters. The van der Waals surface area contributed by atoms with Gasteiger partial charge in [0.1, 0.15) is 0 Å². The van der Waals surface area contributed by atoms with Gasteiger partial charge in [0.2, 0.25) is 0 Å². The first-order chi connectivity index (χ1) is 9.20. The number of hydrogen-bond donors (Lipinski definition) is 3. The lowest BCUT2D eigenvalue weighted by Crippen LogP contribution is -2.15. The second-order valence-corrected chi connectivity index (χ2v) is 3.81. The molecular formula is C13H13N4O2+. The number of nitrogens with one attached hydrogen (secondary N) is 2. The van der Waals surface area contributed by atoms with Crippen LogP contribution in [0.15, 0.2) is 53.9 Å². The maximum absolute atomic E-state index is 11.9. The first-order valence-corrected chi connectivity index (χ1v) is 5.56. The lowest BCUT2D eigenvalue weighted by atomic mass is 10.2. The van der Waals surface area contributed by atoms with Gasteiger partial charge in [0.25, 0.3) is 5.91 Å². The van der Waals surface area contributed by atoms with E-state index in [0.717, 1.165) is 0 Å². The number of oxime groups is 1. The molecule has 1 amide bonds. The van der Waals surface area contributed by atoms with Crippen molar-refractivity contribution < 1.29 is 15.0 Å². The molecule has 5 N–H and O–H groups in total. The summed E-state index contributed by atoms with van der Waals surface area (Å²) in [7, 11) is 0. The van der Waals surface area contributed by atoms with E-state index in [4.69, 9.17) is 10.9 Å². The summed E-state index contributed by atoms with van der Waals surface area (Å²) in [4.78, 5) is 14.7. The SMILES string of the molecule is NC(=NO)c1ccc(NC(=O)c2cc[nH+]cc2)cc1. The van der Waals surface area contributed by atoms with E-state index in [1.54, 1.807) is 48.8 Å². The highest BCUT2D eigenvalue weighted by molar-refractivity contribution is 6.04. The molecule has 2 aromatic rings. The number of amides is 1. The van der Waals surface area contributed by atoms with Crippen molar-refractivity contribution >= 4 is 17.4 Å². The average Bonchev–Trinajstić information content (AvgIpc) is 2.48. The van der Waals surface area contributed by atoms with Gasteiger partial charge in [-0.2, -0.15) is 0 Å². The van der Waals surface area contributed by atoms with Gasteiger partial charge in [0, 0.05) is 23.4 Å². The maximum Gasteiger partial charge on any atom is 0.256 e. The topological polar surface area (TPSA) is 102 Å². The number of H-pyrrole nitrogens is 1. The van der Waals surface area contributed by atoms with Crippen LogP contribution in [0.3, 0.4) is 0 Å².